The fourth-order valence-electron chi connectivity index (χ4n) is 1.83. The number of thiophene rings is 1. The van der Waals surface area contributed by atoms with Gasteiger partial charge in [-0.05, 0) is 46.8 Å². The number of nitrogens with one attached hydrogen (secondary N) is 1. The molecule has 3 N–H and O–H groups in total. The quantitative estimate of drug-likeness (QED) is 0.768. The van der Waals surface area contributed by atoms with Crippen LogP contribution >= 0.6 is 11.3 Å². The Morgan fingerprint density at radius 3 is 2.74 bits per heavy atom. The molecule has 0 atom stereocenters. The van der Waals surface area contributed by atoms with Crippen molar-refractivity contribution in [1.29, 1.82) is 0 Å². The van der Waals surface area contributed by atoms with E-state index in [-0.39, 0.29) is 5.82 Å². The summed E-state index contributed by atoms with van der Waals surface area (Å²) in [6.07, 6.45) is 1.75. The van der Waals surface area contributed by atoms with Gasteiger partial charge in [0.15, 0.2) is 0 Å². The summed E-state index contributed by atoms with van der Waals surface area (Å²) in [5, 5.41) is 2.02. The molecule has 1 aromatic carbocycles. The van der Waals surface area contributed by atoms with Gasteiger partial charge < -0.3 is 10.7 Å². The summed E-state index contributed by atoms with van der Waals surface area (Å²) in [6.45, 7) is 0.530. The van der Waals surface area contributed by atoms with Crippen LogP contribution in [0.5, 0.6) is 0 Å². The molecule has 3 nitrogen and oxygen atoms in total. The number of hydrogen-bond donors (Lipinski definition) is 2. The first-order chi connectivity index (χ1) is 9.26. The second-order valence-corrected chi connectivity index (χ2v) is 5.09. The summed E-state index contributed by atoms with van der Waals surface area (Å²) in [4.78, 5) is 8.64. The first-order valence-electron chi connectivity index (χ1n) is 5.85. The van der Waals surface area contributed by atoms with E-state index >= 15 is 0 Å². The van der Waals surface area contributed by atoms with Crippen LogP contribution < -0.4 is 5.73 Å². The predicted molar refractivity (Wildman–Crippen MR) is 75.2 cm³/mol. The monoisotopic (exact) mass is 273 g/mol. The topological polar surface area (TPSA) is 54.7 Å². The van der Waals surface area contributed by atoms with Crippen molar-refractivity contribution in [3.05, 3.63) is 53.3 Å². The molecule has 0 fully saturated rings. The third-order valence-corrected chi connectivity index (χ3v) is 3.84. The summed E-state index contributed by atoms with van der Waals surface area (Å²) in [5.74, 6) is 0.568. The molecule has 0 saturated heterocycles. The molecular weight excluding hydrogens is 261 g/mol. The lowest BCUT2D eigenvalue weighted by atomic mass is 10.2. The van der Waals surface area contributed by atoms with Gasteiger partial charge in [-0.15, -0.1) is 11.3 Å². The highest BCUT2D eigenvalue weighted by Crippen LogP contribution is 2.27. The van der Waals surface area contributed by atoms with Crippen molar-refractivity contribution in [1.82, 2.24) is 9.97 Å². The summed E-state index contributed by atoms with van der Waals surface area (Å²) >= 11 is 1.60. The van der Waals surface area contributed by atoms with Gasteiger partial charge in [-0.1, -0.05) is 0 Å². The fourth-order valence-corrected chi connectivity index (χ4v) is 2.71. The lowest BCUT2D eigenvalue weighted by Gasteiger charge is -1.96. The second-order valence-electron chi connectivity index (χ2n) is 4.18. The number of halogens is 1. The predicted octanol–water partition coefficient (Wildman–Crippen LogP) is 3.40. The molecule has 0 amide bonds. The zero-order valence-corrected chi connectivity index (χ0v) is 10.9. The molecule has 0 saturated carbocycles. The number of rotatable bonds is 3. The maximum atomic E-state index is 12.9. The van der Waals surface area contributed by atoms with Crippen LogP contribution in [0.2, 0.25) is 0 Å². The third kappa shape index (κ3) is 2.43. The Kier molecular flexibility index (Phi) is 3.15. The van der Waals surface area contributed by atoms with Crippen LogP contribution in [0.3, 0.4) is 0 Å². The molecule has 0 spiro atoms. The average molecular weight is 273 g/mol. The van der Waals surface area contributed by atoms with Crippen LogP contribution in [0.25, 0.3) is 22.0 Å². The Hall–Kier alpha value is -1.98. The van der Waals surface area contributed by atoms with Gasteiger partial charge in [0.05, 0.1) is 16.8 Å². The van der Waals surface area contributed by atoms with E-state index in [0.29, 0.717) is 6.54 Å². The Morgan fingerprint density at radius 1 is 1.26 bits per heavy atom. The fraction of sp³-hybridized carbons (Fsp3) is 0.0714. The van der Waals surface area contributed by atoms with Crippen molar-refractivity contribution in [2.24, 2.45) is 5.73 Å². The van der Waals surface area contributed by atoms with E-state index in [9.17, 15) is 4.39 Å². The van der Waals surface area contributed by atoms with E-state index in [4.69, 9.17) is 5.73 Å². The van der Waals surface area contributed by atoms with E-state index < -0.39 is 0 Å². The van der Waals surface area contributed by atoms with E-state index in [2.05, 4.69) is 9.97 Å². The average Bonchev–Trinajstić information content (AvgIpc) is 3.08. The Labute approximate surface area is 113 Å². The van der Waals surface area contributed by atoms with Crippen molar-refractivity contribution < 1.29 is 4.39 Å². The first kappa shape index (κ1) is 12.1. The van der Waals surface area contributed by atoms with Gasteiger partial charge in [0.1, 0.15) is 11.6 Å². The Bertz CT molecular complexity index is 685. The van der Waals surface area contributed by atoms with E-state index in [1.165, 1.54) is 12.1 Å². The van der Waals surface area contributed by atoms with Crippen LogP contribution in [0.4, 0.5) is 4.39 Å². The Balaban J connectivity index is 1.92. The van der Waals surface area contributed by atoms with Crippen LogP contribution in [-0.4, -0.2) is 9.97 Å². The molecular formula is C14H12FN3S. The highest BCUT2D eigenvalue weighted by atomic mass is 32.1. The smallest absolute Gasteiger partial charge is 0.147 e. The minimum atomic E-state index is -0.241. The van der Waals surface area contributed by atoms with Crippen LogP contribution in [0, 0.1) is 5.82 Å². The molecule has 3 rings (SSSR count). The van der Waals surface area contributed by atoms with Gasteiger partial charge in [0.25, 0.3) is 0 Å². The van der Waals surface area contributed by atoms with E-state index in [1.54, 1.807) is 29.7 Å². The van der Waals surface area contributed by atoms with Gasteiger partial charge in [-0.2, -0.15) is 0 Å². The summed E-state index contributed by atoms with van der Waals surface area (Å²) in [5.41, 5.74) is 8.47. The van der Waals surface area contributed by atoms with E-state index in [1.807, 2.05) is 11.4 Å². The van der Waals surface area contributed by atoms with Crippen molar-refractivity contribution in [3.63, 3.8) is 0 Å². The minimum absolute atomic E-state index is 0.241. The van der Waals surface area contributed by atoms with Crippen molar-refractivity contribution >= 4 is 11.3 Å². The maximum absolute atomic E-state index is 12.9. The van der Waals surface area contributed by atoms with E-state index in [0.717, 1.165) is 27.5 Å². The SMILES string of the molecule is NCc1csc(-c2ncc(-c3ccc(F)cc3)[nH]2)c1. The number of benzene rings is 1. The van der Waals surface area contributed by atoms with Crippen LogP contribution in [0.15, 0.2) is 41.9 Å². The first-order valence-corrected chi connectivity index (χ1v) is 6.73. The maximum Gasteiger partial charge on any atom is 0.147 e. The molecule has 0 aliphatic heterocycles. The lowest BCUT2D eigenvalue weighted by molar-refractivity contribution is 0.628. The summed E-state index contributed by atoms with van der Waals surface area (Å²) < 4.78 is 12.9. The molecule has 0 unspecified atom stereocenters. The van der Waals surface area contributed by atoms with Crippen molar-refractivity contribution in [2.75, 3.05) is 0 Å². The number of imidazole rings is 1. The molecule has 3 aromatic rings. The zero-order chi connectivity index (χ0) is 13.2. The lowest BCUT2D eigenvalue weighted by Crippen LogP contribution is -1.92. The number of aromatic nitrogens is 2. The van der Waals surface area contributed by atoms with Gasteiger partial charge in [0, 0.05) is 6.54 Å². The van der Waals surface area contributed by atoms with Crippen LogP contribution in [0.1, 0.15) is 5.56 Å². The number of hydrogen-bond acceptors (Lipinski definition) is 3. The molecule has 5 heteroatoms. The largest absolute Gasteiger partial charge is 0.337 e. The standard InChI is InChI=1S/C14H12FN3S/c15-11-3-1-10(2-4-11)12-7-17-14(18-12)13-5-9(6-16)8-19-13/h1-5,7-8H,6,16H2,(H,17,18). The molecule has 96 valence electrons. The van der Waals surface area contributed by atoms with Crippen molar-refractivity contribution in [3.8, 4) is 22.0 Å². The highest BCUT2D eigenvalue weighted by Gasteiger charge is 2.07. The van der Waals surface area contributed by atoms with Gasteiger partial charge in [0.2, 0.25) is 0 Å². The molecule has 2 aromatic heterocycles. The van der Waals surface area contributed by atoms with Gasteiger partial charge in [-0.3, -0.25) is 0 Å². The van der Waals surface area contributed by atoms with Gasteiger partial charge in [-0.25, -0.2) is 9.37 Å². The second kappa shape index (κ2) is 4.95. The minimum Gasteiger partial charge on any atom is -0.337 e. The number of nitrogens with zero attached hydrogens (tertiary/aromatic N) is 1. The summed E-state index contributed by atoms with van der Waals surface area (Å²) in [6, 6.07) is 8.36. The molecule has 0 aliphatic rings. The highest BCUT2D eigenvalue weighted by molar-refractivity contribution is 7.13. The summed E-state index contributed by atoms with van der Waals surface area (Å²) in [7, 11) is 0. The molecule has 0 aliphatic carbocycles. The van der Waals surface area contributed by atoms with Crippen molar-refractivity contribution in [2.45, 2.75) is 6.54 Å². The number of nitrogens with two attached hydrogens (primary N) is 1. The Morgan fingerprint density at radius 2 is 2.05 bits per heavy atom. The normalized spacial score (nSPS) is 10.8. The molecule has 2 heterocycles. The molecule has 0 bridgehead atoms. The molecule has 0 radical (unpaired) electrons. The number of H-pyrrole nitrogens is 1. The van der Waals surface area contributed by atoms with Crippen LogP contribution in [-0.2, 0) is 6.54 Å². The number of aromatic amines is 1. The third-order valence-electron chi connectivity index (χ3n) is 2.85. The molecule has 19 heavy (non-hydrogen) atoms. The van der Waals surface area contributed by atoms with Gasteiger partial charge >= 0.3 is 0 Å². The zero-order valence-electron chi connectivity index (χ0n) is 10.1.